The smallest absolute Gasteiger partial charge is 0.316 e. The highest BCUT2D eigenvalue weighted by Crippen LogP contribution is 2.12. The zero-order chi connectivity index (χ0) is 9.98. The Labute approximate surface area is 72.4 Å². The van der Waals surface area contributed by atoms with Crippen LogP contribution in [-0.4, -0.2) is 24.5 Å². The summed E-state index contributed by atoms with van der Waals surface area (Å²) in [6.07, 6.45) is 1.22. The molecule has 0 saturated heterocycles. The molecule has 0 aromatic heterocycles. The monoisotopic (exact) mass is 195 g/mol. The number of rotatable bonds is 3. The normalized spacial score (nSPS) is 10.6. The molecule has 0 radical (unpaired) electrons. The van der Waals surface area contributed by atoms with E-state index in [4.69, 9.17) is 4.89 Å². The van der Waals surface area contributed by atoms with Crippen LogP contribution in [0.15, 0.2) is 12.7 Å². The highest BCUT2D eigenvalue weighted by atomic mass is 31.1. The molecule has 0 aromatic rings. The van der Waals surface area contributed by atoms with Gasteiger partial charge in [0.25, 0.3) is 0 Å². The van der Waals surface area contributed by atoms with E-state index in [9.17, 15) is 9.36 Å². The molecule has 12 heavy (non-hydrogen) atoms. The molecular formula is C6H14NO4P. The molecule has 0 fully saturated rings. The third-order valence-electron chi connectivity index (χ3n) is 0.700. The summed E-state index contributed by atoms with van der Waals surface area (Å²) in [5.41, 5.74) is 0. The van der Waals surface area contributed by atoms with E-state index in [-0.39, 0.29) is 5.91 Å². The van der Waals surface area contributed by atoms with Crippen molar-refractivity contribution in [2.75, 3.05) is 13.7 Å². The number of hydrogen-bond donors (Lipinski definition) is 2. The van der Waals surface area contributed by atoms with Crippen LogP contribution in [0.4, 0.5) is 0 Å². The summed E-state index contributed by atoms with van der Waals surface area (Å²) in [5.74, 6) is -0.144. The summed E-state index contributed by atoms with van der Waals surface area (Å²) in [6, 6.07) is 0. The van der Waals surface area contributed by atoms with E-state index in [2.05, 4.69) is 16.4 Å². The van der Waals surface area contributed by atoms with Crippen LogP contribution >= 0.6 is 8.25 Å². The molecule has 0 aliphatic heterocycles. The first-order chi connectivity index (χ1) is 5.58. The minimum atomic E-state index is -2.64. The second kappa shape index (κ2) is 10.4. The fraction of sp³-hybridized carbons (Fsp3) is 0.500. The Balaban J connectivity index is 0. The first kappa shape index (κ1) is 13.9. The van der Waals surface area contributed by atoms with Crippen LogP contribution in [0.1, 0.15) is 6.92 Å². The van der Waals surface area contributed by atoms with E-state index in [1.807, 2.05) is 0 Å². The van der Waals surface area contributed by atoms with E-state index in [1.165, 1.54) is 6.08 Å². The Bertz CT molecular complexity index is 160. The lowest BCUT2D eigenvalue weighted by molar-refractivity contribution is -0.116. The lowest BCUT2D eigenvalue weighted by Crippen LogP contribution is -2.13. The highest BCUT2D eigenvalue weighted by Gasteiger charge is 1.81. The summed E-state index contributed by atoms with van der Waals surface area (Å²) in [5, 5.41) is 2.36. The van der Waals surface area contributed by atoms with Gasteiger partial charge in [0.05, 0.1) is 6.61 Å². The van der Waals surface area contributed by atoms with E-state index in [1.54, 1.807) is 14.0 Å². The molecule has 1 amide bonds. The average molecular weight is 195 g/mol. The average Bonchev–Trinajstić information content (AvgIpc) is 2.04. The van der Waals surface area contributed by atoms with Gasteiger partial charge in [-0.05, 0) is 13.0 Å². The second-order valence-electron chi connectivity index (χ2n) is 1.52. The van der Waals surface area contributed by atoms with Crippen molar-refractivity contribution in [3.63, 3.8) is 0 Å². The number of nitrogens with one attached hydrogen (secondary N) is 1. The maximum absolute atomic E-state index is 9.95. The molecule has 0 aromatic carbocycles. The van der Waals surface area contributed by atoms with Crippen LogP contribution < -0.4 is 5.32 Å². The van der Waals surface area contributed by atoms with Crippen LogP contribution in [0.25, 0.3) is 0 Å². The fourth-order valence-electron chi connectivity index (χ4n) is 0.226. The van der Waals surface area contributed by atoms with Gasteiger partial charge in [0.15, 0.2) is 0 Å². The summed E-state index contributed by atoms with van der Waals surface area (Å²) in [6.45, 7) is 5.20. The van der Waals surface area contributed by atoms with E-state index >= 15 is 0 Å². The molecule has 0 aliphatic rings. The van der Waals surface area contributed by atoms with Crippen LogP contribution in [-0.2, 0) is 13.9 Å². The van der Waals surface area contributed by atoms with Crippen molar-refractivity contribution in [1.29, 1.82) is 0 Å². The van der Waals surface area contributed by atoms with Crippen molar-refractivity contribution < 1.29 is 18.8 Å². The highest BCUT2D eigenvalue weighted by molar-refractivity contribution is 7.32. The number of carbonyl (C=O) groups excluding carboxylic acids is 1. The Morgan fingerprint density at radius 3 is 2.33 bits per heavy atom. The summed E-state index contributed by atoms with van der Waals surface area (Å²) in [7, 11) is -1.08. The van der Waals surface area contributed by atoms with Crippen molar-refractivity contribution in [2.45, 2.75) is 6.92 Å². The molecule has 0 heterocycles. The Hall–Kier alpha value is -0.640. The molecule has 0 bridgehead atoms. The number of hydrogen-bond acceptors (Lipinski definition) is 3. The minimum Gasteiger partial charge on any atom is -0.356 e. The third-order valence-corrected chi connectivity index (χ3v) is 1.24. The van der Waals surface area contributed by atoms with Gasteiger partial charge in [0.1, 0.15) is 0 Å². The molecule has 6 heteroatoms. The van der Waals surface area contributed by atoms with Gasteiger partial charge in [-0.3, -0.25) is 9.36 Å². The van der Waals surface area contributed by atoms with Crippen LogP contribution in [0.5, 0.6) is 0 Å². The molecular weight excluding hydrogens is 181 g/mol. The maximum atomic E-state index is 9.95. The predicted molar refractivity (Wildman–Crippen MR) is 47.1 cm³/mol. The third kappa shape index (κ3) is 16.2. The molecule has 2 N–H and O–H groups in total. The first-order valence-electron chi connectivity index (χ1n) is 3.28. The maximum Gasteiger partial charge on any atom is 0.316 e. The van der Waals surface area contributed by atoms with Crippen LogP contribution in [0.2, 0.25) is 0 Å². The Morgan fingerprint density at radius 1 is 1.83 bits per heavy atom. The van der Waals surface area contributed by atoms with Gasteiger partial charge in [-0.1, -0.05) is 6.58 Å². The molecule has 0 rings (SSSR count). The van der Waals surface area contributed by atoms with Gasteiger partial charge in [0, 0.05) is 7.05 Å². The van der Waals surface area contributed by atoms with Crippen LogP contribution in [0.3, 0.4) is 0 Å². The summed E-state index contributed by atoms with van der Waals surface area (Å²) < 4.78 is 13.7. The molecule has 5 nitrogen and oxygen atoms in total. The summed E-state index contributed by atoms with van der Waals surface area (Å²) in [4.78, 5) is 17.8. The molecule has 72 valence electrons. The van der Waals surface area contributed by atoms with Crippen molar-refractivity contribution >= 4 is 14.2 Å². The lowest BCUT2D eigenvalue weighted by atomic mass is 10.6. The van der Waals surface area contributed by atoms with Crippen molar-refractivity contribution in [3.05, 3.63) is 12.7 Å². The van der Waals surface area contributed by atoms with Crippen LogP contribution in [0, 0.1) is 0 Å². The van der Waals surface area contributed by atoms with Gasteiger partial charge in [-0.2, -0.15) is 0 Å². The quantitative estimate of drug-likeness (QED) is 0.502. The largest absolute Gasteiger partial charge is 0.356 e. The zero-order valence-electron chi connectivity index (χ0n) is 7.16. The van der Waals surface area contributed by atoms with Crippen molar-refractivity contribution in [3.8, 4) is 0 Å². The summed E-state index contributed by atoms with van der Waals surface area (Å²) >= 11 is 0. The second-order valence-corrected chi connectivity index (χ2v) is 2.34. The molecule has 0 spiro atoms. The topological polar surface area (TPSA) is 75.6 Å². The molecule has 1 atom stereocenters. The predicted octanol–water partition coefficient (Wildman–Crippen LogP) is 0.323. The van der Waals surface area contributed by atoms with Gasteiger partial charge >= 0.3 is 8.25 Å². The number of amides is 1. The SMILES string of the molecule is C=CC(=O)NC.CCO[PH](=O)O. The Kier molecular flexibility index (Phi) is 12.0. The van der Waals surface area contributed by atoms with Gasteiger partial charge < -0.3 is 14.7 Å². The molecule has 0 saturated carbocycles. The van der Waals surface area contributed by atoms with Gasteiger partial charge in [0.2, 0.25) is 5.91 Å². The van der Waals surface area contributed by atoms with Gasteiger partial charge in [-0.15, -0.1) is 0 Å². The molecule has 0 aliphatic carbocycles. The van der Waals surface area contributed by atoms with Gasteiger partial charge in [-0.25, -0.2) is 0 Å². The first-order valence-corrected chi connectivity index (χ1v) is 4.54. The minimum absolute atomic E-state index is 0.144. The zero-order valence-corrected chi connectivity index (χ0v) is 8.16. The Morgan fingerprint density at radius 2 is 2.33 bits per heavy atom. The van der Waals surface area contributed by atoms with E-state index < -0.39 is 8.25 Å². The molecule has 1 unspecified atom stereocenters. The van der Waals surface area contributed by atoms with E-state index in [0.717, 1.165) is 0 Å². The van der Waals surface area contributed by atoms with E-state index in [0.29, 0.717) is 6.61 Å². The standard InChI is InChI=1S/C4H7NO.C2H7O3P/c1-3-4(6)5-2;1-2-5-6(3)4/h3H,1H2,2H3,(H,5,6);6H,2H2,1H3,(H,3,4). The number of likely N-dealkylation sites (N-methyl/N-ethyl adjacent to an activating group) is 1. The van der Waals surface area contributed by atoms with Crippen molar-refractivity contribution in [1.82, 2.24) is 5.32 Å². The van der Waals surface area contributed by atoms with Crippen molar-refractivity contribution in [2.24, 2.45) is 0 Å². The fourth-order valence-corrected chi connectivity index (χ4v) is 0.472. The lowest BCUT2D eigenvalue weighted by Gasteiger charge is -1.86. The number of carbonyl (C=O) groups is 1.